The molecule has 0 aliphatic carbocycles. The van der Waals surface area contributed by atoms with Crippen LogP contribution in [0.4, 0.5) is 0 Å². The predicted molar refractivity (Wildman–Crippen MR) is 71.8 cm³/mol. The summed E-state index contributed by atoms with van der Waals surface area (Å²) >= 11 is 0. The van der Waals surface area contributed by atoms with Crippen LogP contribution in [0, 0.1) is 6.92 Å². The summed E-state index contributed by atoms with van der Waals surface area (Å²) in [5, 5.41) is 0. The minimum Gasteiger partial charge on any atom is -0.426 e. The Morgan fingerprint density at radius 3 is 2.56 bits per heavy atom. The van der Waals surface area contributed by atoms with Crippen LogP contribution in [0.25, 0.3) is 0 Å². The number of benzene rings is 1. The highest BCUT2D eigenvalue weighted by Gasteiger charge is 2.13. The molecular weight excluding hydrogens is 226 g/mol. The van der Waals surface area contributed by atoms with Crippen LogP contribution >= 0.6 is 0 Å². The topological polar surface area (TPSA) is 53.1 Å². The van der Waals surface area contributed by atoms with Gasteiger partial charge in [0.25, 0.3) is 0 Å². The molecular formula is C14H19N3O. The van der Waals surface area contributed by atoms with E-state index in [1.54, 1.807) is 6.20 Å². The lowest BCUT2D eigenvalue weighted by Crippen LogP contribution is -2.12. The molecule has 2 rings (SSSR count). The normalized spacial score (nSPS) is 12.4. The number of hydrogen-bond donors (Lipinski definition) is 1. The van der Waals surface area contributed by atoms with Crippen LogP contribution in [0.15, 0.2) is 30.5 Å². The Hall–Kier alpha value is -1.81. The second-order valence-corrected chi connectivity index (χ2v) is 4.41. The lowest BCUT2D eigenvalue weighted by atomic mass is 10.2. The lowest BCUT2D eigenvalue weighted by Gasteiger charge is -2.11. The van der Waals surface area contributed by atoms with Gasteiger partial charge in [-0.05, 0) is 32.9 Å². The average Bonchev–Trinajstić information content (AvgIpc) is 2.75. The summed E-state index contributed by atoms with van der Waals surface area (Å²) in [6.07, 6.45) is 1.78. The smallest absolute Gasteiger partial charge is 0.302 e. The van der Waals surface area contributed by atoms with Gasteiger partial charge < -0.3 is 10.5 Å². The number of imidazole rings is 1. The summed E-state index contributed by atoms with van der Waals surface area (Å²) in [6.45, 7) is 6.83. The molecule has 4 heteroatoms. The maximum absolute atomic E-state index is 5.90. The van der Waals surface area contributed by atoms with E-state index in [0.29, 0.717) is 6.01 Å². The molecule has 96 valence electrons. The molecule has 0 saturated carbocycles. The summed E-state index contributed by atoms with van der Waals surface area (Å²) < 4.78 is 7.77. The molecule has 1 unspecified atom stereocenters. The number of nitrogens with two attached hydrogens (primary N) is 1. The van der Waals surface area contributed by atoms with E-state index in [2.05, 4.69) is 11.9 Å². The minimum atomic E-state index is -0.0483. The molecule has 2 N–H and O–H groups in total. The van der Waals surface area contributed by atoms with Gasteiger partial charge in [-0.2, -0.15) is 0 Å². The third-order valence-electron chi connectivity index (χ3n) is 2.86. The van der Waals surface area contributed by atoms with Crippen LogP contribution in [-0.2, 0) is 6.54 Å². The van der Waals surface area contributed by atoms with Crippen LogP contribution in [0.2, 0.25) is 0 Å². The Morgan fingerprint density at radius 1 is 1.33 bits per heavy atom. The lowest BCUT2D eigenvalue weighted by molar-refractivity contribution is 0.409. The molecule has 0 radical (unpaired) electrons. The standard InChI is InChI=1S/C14H19N3O/c1-4-17-13(11(3)15)9-16-14(17)18-12-7-5-10(2)6-8-12/h5-9,11H,4,15H2,1-3H3. The van der Waals surface area contributed by atoms with Crippen molar-refractivity contribution < 1.29 is 4.74 Å². The third kappa shape index (κ3) is 2.54. The highest BCUT2D eigenvalue weighted by molar-refractivity contribution is 5.29. The van der Waals surface area contributed by atoms with Gasteiger partial charge in [0.15, 0.2) is 0 Å². The van der Waals surface area contributed by atoms with Crippen molar-refractivity contribution in [2.45, 2.75) is 33.4 Å². The van der Waals surface area contributed by atoms with E-state index in [9.17, 15) is 0 Å². The molecule has 0 aliphatic rings. The fraction of sp³-hybridized carbons (Fsp3) is 0.357. The Bertz CT molecular complexity index is 514. The number of aromatic nitrogens is 2. The van der Waals surface area contributed by atoms with Crippen molar-refractivity contribution in [3.8, 4) is 11.8 Å². The molecule has 4 nitrogen and oxygen atoms in total. The largest absolute Gasteiger partial charge is 0.426 e. The Morgan fingerprint density at radius 2 is 2.00 bits per heavy atom. The van der Waals surface area contributed by atoms with Gasteiger partial charge >= 0.3 is 6.01 Å². The van der Waals surface area contributed by atoms with Crippen LogP contribution in [0.1, 0.15) is 31.1 Å². The Labute approximate surface area is 107 Å². The first-order valence-electron chi connectivity index (χ1n) is 6.17. The zero-order valence-corrected chi connectivity index (χ0v) is 11.1. The summed E-state index contributed by atoms with van der Waals surface area (Å²) in [5.74, 6) is 0.789. The van der Waals surface area contributed by atoms with Crippen LogP contribution < -0.4 is 10.5 Å². The van der Waals surface area contributed by atoms with Gasteiger partial charge in [-0.15, -0.1) is 0 Å². The van der Waals surface area contributed by atoms with E-state index in [1.807, 2.05) is 42.7 Å². The van der Waals surface area contributed by atoms with Crippen molar-refractivity contribution in [2.75, 3.05) is 0 Å². The average molecular weight is 245 g/mol. The first kappa shape index (κ1) is 12.6. The Balaban J connectivity index is 2.26. The Kier molecular flexibility index (Phi) is 3.67. The van der Waals surface area contributed by atoms with Crippen molar-refractivity contribution in [3.63, 3.8) is 0 Å². The zero-order valence-electron chi connectivity index (χ0n) is 11.1. The molecule has 0 fully saturated rings. The van der Waals surface area contributed by atoms with Crippen LogP contribution in [0.5, 0.6) is 11.8 Å². The zero-order chi connectivity index (χ0) is 13.1. The molecule has 0 spiro atoms. The predicted octanol–water partition coefficient (Wildman–Crippen LogP) is 3.02. The van der Waals surface area contributed by atoms with E-state index in [0.717, 1.165) is 18.0 Å². The van der Waals surface area contributed by atoms with Crippen molar-refractivity contribution in [3.05, 3.63) is 41.7 Å². The second-order valence-electron chi connectivity index (χ2n) is 4.41. The van der Waals surface area contributed by atoms with Gasteiger partial charge in [-0.1, -0.05) is 17.7 Å². The maximum Gasteiger partial charge on any atom is 0.302 e. The van der Waals surface area contributed by atoms with E-state index in [-0.39, 0.29) is 6.04 Å². The van der Waals surface area contributed by atoms with E-state index in [4.69, 9.17) is 10.5 Å². The first-order valence-corrected chi connectivity index (χ1v) is 6.17. The van der Waals surface area contributed by atoms with Gasteiger partial charge in [0, 0.05) is 12.6 Å². The molecule has 1 heterocycles. The van der Waals surface area contributed by atoms with Gasteiger partial charge in [-0.3, -0.25) is 4.57 Å². The van der Waals surface area contributed by atoms with Crippen LogP contribution in [-0.4, -0.2) is 9.55 Å². The van der Waals surface area contributed by atoms with Crippen molar-refractivity contribution in [1.82, 2.24) is 9.55 Å². The SMILES string of the molecule is CCn1c(C(C)N)cnc1Oc1ccc(C)cc1. The third-order valence-corrected chi connectivity index (χ3v) is 2.86. The molecule has 0 saturated heterocycles. The molecule has 1 aromatic carbocycles. The molecule has 1 aromatic heterocycles. The maximum atomic E-state index is 5.90. The summed E-state index contributed by atoms with van der Waals surface area (Å²) in [5.41, 5.74) is 8.09. The fourth-order valence-corrected chi connectivity index (χ4v) is 1.85. The molecule has 18 heavy (non-hydrogen) atoms. The number of aryl methyl sites for hydroxylation is 1. The van der Waals surface area contributed by atoms with E-state index < -0.39 is 0 Å². The second kappa shape index (κ2) is 5.23. The van der Waals surface area contributed by atoms with Crippen LogP contribution in [0.3, 0.4) is 0 Å². The van der Waals surface area contributed by atoms with Crippen molar-refractivity contribution >= 4 is 0 Å². The quantitative estimate of drug-likeness (QED) is 0.900. The van der Waals surface area contributed by atoms with E-state index >= 15 is 0 Å². The highest BCUT2D eigenvalue weighted by atomic mass is 16.5. The summed E-state index contributed by atoms with van der Waals surface area (Å²) in [4.78, 5) is 4.29. The van der Waals surface area contributed by atoms with Crippen molar-refractivity contribution in [1.29, 1.82) is 0 Å². The fourth-order valence-electron chi connectivity index (χ4n) is 1.85. The minimum absolute atomic E-state index is 0.0483. The van der Waals surface area contributed by atoms with Crippen molar-refractivity contribution in [2.24, 2.45) is 5.73 Å². The monoisotopic (exact) mass is 245 g/mol. The highest BCUT2D eigenvalue weighted by Crippen LogP contribution is 2.23. The number of ether oxygens (including phenoxy) is 1. The summed E-state index contributed by atoms with van der Waals surface area (Å²) in [6, 6.07) is 8.45. The molecule has 2 aromatic rings. The molecule has 0 aliphatic heterocycles. The molecule has 0 bridgehead atoms. The van der Waals surface area contributed by atoms with E-state index in [1.165, 1.54) is 5.56 Å². The molecule has 0 amide bonds. The number of nitrogens with zero attached hydrogens (tertiary/aromatic N) is 2. The van der Waals surface area contributed by atoms with Gasteiger partial charge in [0.1, 0.15) is 5.75 Å². The number of hydrogen-bond acceptors (Lipinski definition) is 3. The first-order chi connectivity index (χ1) is 8.61. The number of rotatable bonds is 4. The van der Waals surface area contributed by atoms with Gasteiger partial charge in [0.2, 0.25) is 0 Å². The molecule has 1 atom stereocenters. The van der Waals surface area contributed by atoms with Gasteiger partial charge in [0.05, 0.1) is 11.9 Å². The van der Waals surface area contributed by atoms with Gasteiger partial charge in [-0.25, -0.2) is 4.98 Å². The summed E-state index contributed by atoms with van der Waals surface area (Å²) in [7, 11) is 0.